The van der Waals surface area contributed by atoms with E-state index in [4.69, 9.17) is 4.74 Å². The molecule has 0 aromatic rings. The minimum atomic E-state index is -0.155. The fraction of sp³-hybridized carbons (Fsp3) is 0.929. The van der Waals surface area contributed by atoms with Gasteiger partial charge in [0.2, 0.25) is 0 Å². The van der Waals surface area contributed by atoms with Gasteiger partial charge in [0.15, 0.2) is 0 Å². The van der Waals surface area contributed by atoms with Crippen molar-refractivity contribution in [1.82, 2.24) is 15.1 Å². The van der Waals surface area contributed by atoms with E-state index >= 15 is 0 Å². The zero-order valence-electron chi connectivity index (χ0n) is 12.4. The van der Waals surface area contributed by atoms with Crippen LogP contribution in [-0.4, -0.2) is 67.8 Å². The van der Waals surface area contributed by atoms with E-state index in [-0.39, 0.29) is 11.5 Å². The molecule has 0 spiro atoms. The monoisotopic (exact) mass is 269 g/mol. The molecule has 19 heavy (non-hydrogen) atoms. The van der Waals surface area contributed by atoms with E-state index in [1.165, 1.54) is 0 Å². The summed E-state index contributed by atoms with van der Waals surface area (Å²) in [6, 6.07) is 0.438. The number of hydrogen-bond acceptors (Lipinski definition) is 4. The summed E-state index contributed by atoms with van der Waals surface area (Å²) in [5.41, 5.74) is 0.264. The predicted octanol–water partition coefficient (Wildman–Crippen LogP) is 1.15. The standard InChI is InChI=1S/C14H27N3O2/c1-4-19-13(18)17-8-5-14(2,3)12(11-17)16-9-6-15-7-10-16/h12,15H,4-11H2,1-3H3. The number of amides is 1. The van der Waals surface area contributed by atoms with Crippen molar-refractivity contribution in [2.24, 2.45) is 5.41 Å². The summed E-state index contributed by atoms with van der Waals surface area (Å²) in [5, 5.41) is 3.39. The van der Waals surface area contributed by atoms with Gasteiger partial charge in [0.05, 0.1) is 6.61 Å². The number of carbonyl (C=O) groups is 1. The summed E-state index contributed by atoms with van der Waals surface area (Å²) in [5.74, 6) is 0. The number of nitrogens with one attached hydrogen (secondary N) is 1. The third-order valence-electron chi connectivity index (χ3n) is 4.44. The summed E-state index contributed by atoms with van der Waals surface area (Å²) < 4.78 is 5.14. The van der Waals surface area contributed by atoms with E-state index in [9.17, 15) is 4.79 Å². The molecule has 2 fully saturated rings. The van der Waals surface area contributed by atoms with E-state index in [1.54, 1.807) is 0 Å². The Bertz CT molecular complexity index is 314. The highest BCUT2D eigenvalue weighted by molar-refractivity contribution is 5.67. The van der Waals surface area contributed by atoms with Crippen molar-refractivity contribution in [2.75, 3.05) is 45.9 Å². The number of ether oxygens (including phenoxy) is 1. The fourth-order valence-corrected chi connectivity index (χ4v) is 3.12. The lowest BCUT2D eigenvalue weighted by Crippen LogP contribution is -2.61. The van der Waals surface area contributed by atoms with Crippen LogP contribution in [0.3, 0.4) is 0 Å². The van der Waals surface area contributed by atoms with Gasteiger partial charge in [-0.25, -0.2) is 4.79 Å². The van der Waals surface area contributed by atoms with Gasteiger partial charge in [0.1, 0.15) is 0 Å². The second-order valence-corrected chi connectivity index (χ2v) is 6.19. The molecule has 1 amide bonds. The first-order valence-electron chi connectivity index (χ1n) is 7.41. The largest absolute Gasteiger partial charge is 0.450 e. The van der Waals surface area contributed by atoms with Gasteiger partial charge in [0, 0.05) is 45.3 Å². The summed E-state index contributed by atoms with van der Waals surface area (Å²) in [6.07, 6.45) is 0.888. The Kier molecular flexibility index (Phi) is 4.68. The first-order chi connectivity index (χ1) is 9.04. The molecule has 2 aliphatic heterocycles. The molecule has 110 valence electrons. The van der Waals surface area contributed by atoms with Crippen LogP contribution in [0.25, 0.3) is 0 Å². The van der Waals surface area contributed by atoms with Crippen molar-refractivity contribution < 1.29 is 9.53 Å². The average Bonchev–Trinajstić information content (AvgIpc) is 2.39. The lowest BCUT2D eigenvalue weighted by atomic mass is 9.77. The Morgan fingerprint density at radius 1 is 1.32 bits per heavy atom. The molecule has 2 saturated heterocycles. The maximum atomic E-state index is 11.9. The van der Waals surface area contributed by atoms with Gasteiger partial charge < -0.3 is 15.0 Å². The van der Waals surface area contributed by atoms with Gasteiger partial charge in [-0.05, 0) is 18.8 Å². The van der Waals surface area contributed by atoms with E-state index in [0.29, 0.717) is 12.6 Å². The highest BCUT2D eigenvalue weighted by Crippen LogP contribution is 2.34. The number of carbonyl (C=O) groups excluding carboxylic acids is 1. The quantitative estimate of drug-likeness (QED) is 0.817. The number of likely N-dealkylation sites (tertiary alicyclic amines) is 1. The van der Waals surface area contributed by atoms with Gasteiger partial charge >= 0.3 is 6.09 Å². The lowest BCUT2D eigenvalue weighted by Gasteiger charge is -2.49. The molecule has 0 radical (unpaired) electrons. The minimum absolute atomic E-state index is 0.155. The SMILES string of the molecule is CCOC(=O)N1CCC(C)(C)C(N2CCNCC2)C1. The van der Waals surface area contributed by atoms with Gasteiger partial charge in [0.25, 0.3) is 0 Å². The predicted molar refractivity (Wildman–Crippen MR) is 75.2 cm³/mol. The Hall–Kier alpha value is -0.810. The van der Waals surface area contributed by atoms with Gasteiger partial charge in [-0.15, -0.1) is 0 Å². The Balaban J connectivity index is 2.02. The highest BCUT2D eigenvalue weighted by Gasteiger charge is 2.40. The van der Waals surface area contributed by atoms with Crippen molar-refractivity contribution >= 4 is 6.09 Å². The van der Waals surface area contributed by atoms with Crippen molar-refractivity contribution in [1.29, 1.82) is 0 Å². The first-order valence-corrected chi connectivity index (χ1v) is 7.41. The maximum absolute atomic E-state index is 11.9. The molecule has 0 bridgehead atoms. The third-order valence-corrected chi connectivity index (χ3v) is 4.44. The molecular weight excluding hydrogens is 242 g/mol. The first kappa shape index (κ1) is 14.6. The second-order valence-electron chi connectivity index (χ2n) is 6.19. The van der Waals surface area contributed by atoms with Crippen LogP contribution in [0.5, 0.6) is 0 Å². The summed E-state index contributed by atoms with van der Waals surface area (Å²) in [7, 11) is 0. The van der Waals surface area contributed by atoms with Crippen LogP contribution in [-0.2, 0) is 4.74 Å². The summed E-state index contributed by atoms with van der Waals surface area (Å²) in [4.78, 5) is 16.3. The Morgan fingerprint density at radius 2 is 2.00 bits per heavy atom. The molecule has 2 aliphatic rings. The van der Waals surface area contributed by atoms with Gasteiger partial charge in [-0.1, -0.05) is 13.8 Å². The Labute approximate surface area is 116 Å². The van der Waals surface area contributed by atoms with Crippen LogP contribution in [0.1, 0.15) is 27.2 Å². The fourth-order valence-electron chi connectivity index (χ4n) is 3.12. The van der Waals surface area contributed by atoms with Crippen LogP contribution in [0, 0.1) is 5.41 Å². The molecule has 2 heterocycles. The average molecular weight is 269 g/mol. The molecule has 1 atom stereocenters. The minimum Gasteiger partial charge on any atom is -0.450 e. The van der Waals surface area contributed by atoms with E-state index in [1.807, 2.05) is 11.8 Å². The van der Waals surface area contributed by atoms with Crippen molar-refractivity contribution in [3.63, 3.8) is 0 Å². The van der Waals surface area contributed by atoms with Crippen LogP contribution >= 0.6 is 0 Å². The molecule has 5 nitrogen and oxygen atoms in total. The van der Waals surface area contributed by atoms with Gasteiger partial charge in [-0.3, -0.25) is 4.90 Å². The zero-order chi connectivity index (χ0) is 13.9. The van der Waals surface area contributed by atoms with E-state index in [0.717, 1.165) is 45.7 Å². The third kappa shape index (κ3) is 3.39. The van der Waals surface area contributed by atoms with Crippen LogP contribution in [0.4, 0.5) is 4.79 Å². The van der Waals surface area contributed by atoms with Gasteiger partial charge in [-0.2, -0.15) is 0 Å². The van der Waals surface area contributed by atoms with Crippen LogP contribution in [0.2, 0.25) is 0 Å². The maximum Gasteiger partial charge on any atom is 0.409 e. The number of piperazine rings is 1. The number of rotatable bonds is 2. The lowest BCUT2D eigenvalue weighted by molar-refractivity contribution is -0.000283. The van der Waals surface area contributed by atoms with E-state index in [2.05, 4.69) is 24.1 Å². The second kappa shape index (κ2) is 6.09. The number of piperidine rings is 1. The number of hydrogen-bond donors (Lipinski definition) is 1. The summed E-state index contributed by atoms with van der Waals surface area (Å²) >= 11 is 0. The van der Waals surface area contributed by atoms with Crippen LogP contribution < -0.4 is 5.32 Å². The molecule has 1 N–H and O–H groups in total. The highest BCUT2D eigenvalue weighted by atomic mass is 16.6. The van der Waals surface area contributed by atoms with Crippen molar-refractivity contribution in [3.8, 4) is 0 Å². The molecule has 1 unspecified atom stereocenters. The molecule has 0 aromatic carbocycles. The Morgan fingerprint density at radius 3 is 2.63 bits per heavy atom. The molecule has 0 aromatic heterocycles. The molecule has 0 saturated carbocycles. The smallest absolute Gasteiger partial charge is 0.409 e. The molecular formula is C14H27N3O2. The van der Waals surface area contributed by atoms with Crippen molar-refractivity contribution in [2.45, 2.75) is 33.2 Å². The van der Waals surface area contributed by atoms with Crippen molar-refractivity contribution in [3.05, 3.63) is 0 Å². The number of nitrogens with zero attached hydrogens (tertiary/aromatic N) is 2. The molecule has 5 heteroatoms. The zero-order valence-corrected chi connectivity index (χ0v) is 12.4. The van der Waals surface area contributed by atoms with E-state index < -0.39 is 0 Å². The molecule has 2 rings (SSSR count). The normalized spacial score (nSPS) is 28.2. The summed E-state index contributed by atoms with van der Waals surface area (Å²) in [6.45, 7) is 12.8. The van der Waals surface area contributed by atoms with Crippen LogP contribution in [0.15, 0.2) is 0 Å². The topological polar surface area (TPSA) is 44.8 Å². The molecule has 0 aliphatic carbocycles.